The number of aromatic amines is 1. The van der Waals surface area contributed by atoms with E-state index in [-0.39, 0.29) is 12.5 Å². The van der Waals surface area contributed by atoms with Crippen molar-refractivity contribution in [2.45, 2.75) is 20.3 Å². The molecule has 0 aromatic carbocycles. The number of β-amino-alcohol motifs (C(OH)–C–C–N with tert-alkyl or cyclic N) is 1. The quantitative estimate of drug-likeness (QED) is 0.817. The summed E-state index contributed by atoms with van der Waals surface area (Å²) in [6.45, 7) is 8.17. The first-order chi connectivity index (χ1) is 9.60. The standard InChI is InChI=1S/C14H24N4O2/c1-11(2)9-12-10-13(16-15-12)14(20)18-5-3-17(4-6-18)7-8-19/h10-11,19H,3-9H2,1-2H3,(H,15,16). The molecule has 0 aliphatic carbocycles. The summed E-state index contributed by atoms with van der Waals surface area (Å²) in [7, 11) is 0. The predicted octanol–water partition coefficient (Wildman–Crippen LogP) is 0.358. The molecule has 1 aromatic heterocycles. The lowest BCUT2D eigenvalue weighted by atomic mass is 10.1. The number of nitrogens with one attached hydrogen (secondary N) is 1. The summed E-state index contributed by atoms with van der Waals surface area (Å²) in [4.78, 5) is 16.3. The molecular weight excluding hydrogens is 256 g/mol. The van der Waals surface area contributed by atoms with Crippen LogP contribution in [0.15, 0.2) is 6.07 Å². The maximum absolute atomic E-state index is 12.3. The normalized spacial score (nSPS) is 16.9. The van der Waals surface area contributed by atoms with Crippen LogP contribution >= 0.6 is 0 Å². The van der Waals surface area contributed by atoms with Crippen LogP contribution in [-0.4, -0.2) is 70.3 Å². The molecule has 0 atom stereocenters. The SMILES string of the molecule is CC(C)Cc1cc(C(=O)N2CCN(CCO)CC2)n[nH]1. The van der Waals surface area contributed by atoms with Crippen molar-refractivity contribution < 1.29 is 9.90 Å². The first-order valence-electron chi connectivity index (χ1n) is 7.27. The zero-order valence-corrected chi connectivity index (χ0v) is 12.3. The number of piperazine rings is 1. The number of H-pyrrole nitrogens is 1. The van der Waals surface area contributed by atoms with Gasteiger partial charge < -0.3 is 10.0 Å². The van der Waals surface area contributed by atoms with E-state index in [0.29, 0.717) is 31.2 Å². The summed E-state index contributed by atoms with van der Waals surface area (Å²) in [6, 6.07) is 1.86. The lowest BCUT2D eigenvalue weighted by molar-refractivity contribution is 0.0609. The van der Waals surface area contributed by atoms with Crippen LogP contribution in [0.5, 0.6) is 0 Å². The van der Waals surface area contributed by atoms with Gasteiger partial charge in [0.2, 0.25) is 0 Å². The molecule has 6 heteroatoms. The summed E-state index contributed by atoms with van der Waals surface area (Å²) >= 11 is 0. The molecule has 0 saturated carbocycles. The number of amides is 1. The van der Waals surface area contributed by atoms with E-state index in [1.54, 1.807) is 0 Å². The van der Waals surface area contributed by atoms with Crippen LogP contribution < -0.4 is 0 Å². The van der Waals surface area contributed by atoms with Crippen LogP contribution in [0.1, 0.15) is 30.0 Å². The van der Waals surface area contributed by atoms with Gasteiger partial charge in [-0.25, -0.2) is 0 Å². The number of aromatic nitrogens is 2. The van der Waals surface area contributed by atoms with Crippen molar-refractivity contribution in [3.8, 4) is 0 Å². The molecule has 1 aliphatic heterocycles. The highest BCUT2D eigenvalue weighted by Gasteiger charge is 2.23. The summed E-state index contributed by atoms with van der Waals surface area (Å²) < 4.78 is 0. The van der Waals surface area contributed by atoms with Crippen molar-refractivity contribution in [3.05, 3.63) is 17.5 Å². The van der Waals surface area contributed by atoms with Crippen LogP contribution in [0.2, 0.25) is 0 Å². The number of nitrogens with zero attached hydrogens (tertiary/aromatic N) is 3. The Balaban J connectivity index is 1.90. The Labute approximate surface area is 119 Å². The highest BCUT2D eigenvalue weighted by atomic mass is 16.3. The minimum absolute atomic E-state index is 0.0000883. The molecule has 20 heavy (non-hydrogen) atoms. The highest BCUT2D eigenvalue weighted by Crippen LogP contribution is 2.10. The Kier molecular flexibility index (Phi) is 5.14. The highest BCUT2D eigenvalue weighted by molar-refractivity contribution is 5.92. The fraction of sp³-hybridized carbons (Fsp3) is 0.714. The molecule has 1 aromatic rings. The molecule has 2 rings (SSSR count). The van der Waals surface area contributed by atoms with Gasteiger partial charge in [-0.15, -0.1) is 0 Å². The Bertz CT molecular complexity index is 436. The third kappa shape index (κ3) is 3.80. The third-order valence-corrected chi connectivity index (χ3v) is 3.55. The third-order valence-electron chi connectivity index (χ3n) is 3.55. The monoisotopic (exact) mass is 280 g/mol. The van der Waals surface area contributed by atoms with Gasteiger partial charge in [-0.3, -0.25) is 14.8 Å². The Morgan fingerprint density at radius 2 is 2.10 bits per heavy atom. The number of carbonyl (C=O) groups is 1. The van der Waals surface area contributed by atoms with E-state index in [4.69, 9.17) is 5.11 Å². The second-order valence-corrected chi connectivity index (χ2v) is 5.73. The van der Waals surface area contributed by atoms with Crippen molar-refractivity contribution >= 4 is 5.91 Å². The maximum atomic E-state index is 12.3. The van der Waals surface area contributed by atoms with Crippen LogP contribution in [0.4, 0.5) is 0 Å². The number of aliphatic hydroxyl groups is 1. The second kappa shape index (κ2) is 6.85. The van der Waals surface area contributed by atoms with Crippen molar-refractivity contribution in [3.63, 3.8) is 0 Å². The van der Waals surface area contributed by atoms with Crippen molar-refractivity contribution in [1.82, 2.24) is 20.0 Å². The van der Waals surface area contributed by atoms with E-state index < -0.39 is 0 Å². The fourth-order valence-electron chi connectivity index (χ4n) is 2.49. The fourth-order valence-corrected chi connectivity index (χ4v) is 2.49. The largest absolute Gasteiger partial charge is 0.395 e. The van der Waals surface area contributed by atoms with Gasteiger partial charge in [0.05, 0.1) is 6.61 Å². The van der Waals surface area contributed by atoms with Crippen molar-refractivity contribution in [2.75, 3.05) is 39.3 Å². The van der Waals surface area contributed by atoms with E-state index >= 15 is 0 Å². The molecule has 112 valence electrons. The maximum Gasteiger partial charge on any atom is 0.274 e. The van der Waals surface area contributed by atoms with Gasteiger partial charge >= 0.3 is 0 Å². The Hall–Kier alpha value is -1.40. The first kappa shape index (κ1) is 15.0. The summed E-state index contributed by atoms with van der Waals surface area (Å²) in [5.41, 5.74) is 1.53. The number of aliphatic hydroxyl groups excluding tert-OH is 1. The molecule has 1 fully saturated rings. The van der Waals surface area contributed by atoms with Gasteiger partial charge in [0.25, 0.3) is 5.91 Å². The molecular formula is C14H24N4O2. The molecule has 0 bridgehead atoms. The molecule has 1 aliphatic rings. The van der Waals surface area contributed by atoms with Gasteiger partial charge in [0, 0.05) is 38.4 Å². The minimum Gasteiger partial charge on any atom is -0.395 e. The minimum atomic E-state index is -0.0000883. The van der Waals surface area contributed by atoms with E-state index in [2.05, 4.69) is 28.9 Å². The zero-order valence-electron chi connectivity index (χ0n) is 12.3. The first-order valence-corrected chi connectivity index (χ1v) is 7.27. The smallest absolute Gasteiger partial charge is 0.274 e. The summed E-state index contributed by atoms with van der Waals surface area (Å²) in [6.07, 6.45) is 0.907. The molecule has 2 heterocycles. The molecule has 1 amide bonds. The average molecular weight is 280 g/mol. The van der Waals surface area contributed by atoms with Crippen molar-refractivity contribution in [1.29, 1.82) is 0 Å². The van der Waals surface area contributed by atoms with Crippen LogP contribution in [0.25, 0.3) is 0 Å². The molecule has 1 saturated heterocycles. The topological polar surface area (TPSA) is 72.5 Å². The molecule has 2 N–H and O–H groups in total. The lowest BCUT2D eigenvalue weighted by Crippen LogP contribution is -2.49. The Morgan fingerprint density at radius 1 is 1.40 bits per heavy atom. The van der Waals surface area contributed by atoms with Gasteiger partial charge in [0.15, 0.2) is 0 Å². The van der Waals surface area contributed by atoms with Gasteiger partial charge in [-0.05, 0) is 18.4 Å². The Morgan fingerprint density at radius 3 is 2.70 bits per heavy atom. The van der Waals surface area contributed by atoms with E-state index in [1.807, 2.05) is 11.0 Å². The van der Waals surface area contributed by atoms with Gasteiger partial charge in [-0.2, -0.15) is 5.10 Å². The lowest BCUT2D eigenvalue weighted by Gasteiger charge is -2.33. The molecule has 6 nitrogen and oxygen atoms in total. The molecule has 0 spiro atoms. The van der Waals surface area contributed by atoms with Gasteiger partial charge in [-0.1, -0.05) is 13.8 Å². The second-order valence-electron chi connectivity index (χ2n) is 5.73. The number of carbonyl (C=O) groups excluding carboxylic acids is 1. The predicted molar refractivity (Wildman–Crippen MR) is 76.6 cm³/mol. The van der Waals surface area contributed by atoms with E-state index in [1.165, 1.54) is 0 Å². The number of hydrogen-bond acceptors (Lipinski definition) is 4. The van der Waals surface area contributed by atoms with E-state index in [0.717, 1.165) is 25.2 Å². The van der Waals surface area contributed by atoms with Crippen LogP contribution in [0.3, 0.4) is 0 Å². The molecule has 0 unspecified atom stereocenters. The van der Waals surface area contributed by atoms with Crippen LogP contribution in [0, 0.1) is 5.92 Å². The number of rotatable bonds is 5. The molecule has 0 radical (unpaired) electrons. The zero-order chi connectivity index (χ0) is 14.5. The summed E-state index contributed by atoms with van der Waals surface area (Å²) in [5, 5.41) is 16.0. The average Bonchev–Trinajstić information content (AvgIpc) is 2.87. The van der Waals surface area contributed by atoms with Gasteiger partial charge in [0.1, 0.15) is 5.69 Å². The van der Waals surface area contributed by atoms with Crippen molar-refractivity contribution in [2.24, 2.45) is 5.92 Å². The van der Waals surface area contributed by atoms with Crippen LogP contribution in [-0.2, 0) is 6.42 Å². The number of hydrogen-bond donors (Lipinski definition) is 2. The summed E-state index contributed by atoms with van der Waals surface area (Å²) in [5.74, 6) is 0.542. The van der Waals surface area contributed by atoms with E-state index in [9.17, 15) is 4.79 Å².